The molecule has 20 heavy (non-hydrogen) atoms. The molecule has 0 amide bonds. The Kier molecular flexibility index (Phi) is 3.80. The Morgan fingerprint density at radius 3 is 1.65 bits per heavy atom. The average molecular weight is 281 g/mol. The minimum absolute atomic E-state index is 0.0890. The Morgan fingerprint density at radius 1 is 0.650 bits per heavy atom. The SMILES string of the molecule is Clc1cccc[n+]1C(c1ccccc1)c1ccccc1. The summed E-state index contributed by atoms with van der Waals surface area (Å²) in [5, 5.41) is 0.727. The van der Waals surface area contributed by atoms with Crippen LogP contribution < -0.4 is 4.57 Å². The number of rotatable bonds is 3. The van der Waals surface area contributed by atoms with Gasteiger partial charge in [-0.05, 0) is 17.7 Å². The van der Waals surface area contributed by atoms with E-state index in [-0.39, 0.29) is 6.04 Å². The molecule has 1 nitrogen and oxygen atoms in total. The monoisotopic (exact) mass is 280 g/mol. The lowest BCUT2D eigenvalue weighted by Crippen LogP contribution is -2.41. The number of halogens is 1. The first-order valence-corrected chi connectivity index (χ1v) is 6.99. The van der Waals surface area contributed by atoms with Crippen molar-refractivity contribution in [3.8, 4) is 0 Å². The molecule has 0 saturated carbocycles. The molecular formula is C18H15ClN+. The molecule has 0 bridgehead atoms. The van der Waals surface area contributed by atoms with Crippen LogP contribution in [0.1, 0.15) is 17.2 Å². The quantitative estimate of drug-likeness (QED) is 0.498. The number of nitrogens with zero attached hydrogens (tertiary/aromatic N) is 1. The molecule has 0 fully saturated rings. The maximum atomic E-state index is 6.38. The van der Waals surface area contributed by atoms with E-state index in [9.17, 15) is 0 Å². The Bertz CT molecular complexity index is 641. The van der Waals surface area contributed by atoms with Gasteiger partial charge < -0.3 is 0 Å². The van der Waals surface area contributed by atoms with Crippen LogP contribution in [0.25, 0.3) is 0 Å². The molecule has 98 valence electrons. The van der Waals surface area contributed by atoms with Crippen LogP contribution in [0.5, 0.6) is 0 Å². The summed E-state index contributed by atoms with van der Waals surface area (Å²) in [5.74, 6) is 0. The van der Waals surface area contributed by atoms with E-state index in [0.29, 0.717) is 0 Å². The maximum absolute atomic E-state index is 6.38. The Hall–Kier alpha value is -2.12. The molecule has 0 radical (unpaired) electrons. The van der Waals surface area contributed by atoms with Crippen molar-refractivity contribution >= 4 is 11.6 Å². The van der Waals surface area contributed by atoms with E-state index in [0.717, 1.165) is 5.15 Å². The molecule has 0 N–H and O–H groups in total. The van der Waals surface area contributed by atoms with Crippen molar-refractivity contribution < 1.29 is 4.57 Å². The minimum atomic E-state index is 0.0890. The summed E-state index contributed by atoms with van der Waals surface area (Å²) in [6.45, 7) is 0. The fourth-order valence-corrected chi connectivity index (χ4v) is 2.66. The first kappa shape index (κ1) is 12.9. The molecule has 0 spiro atoms. The fraction of sp³-hybridized carbons (Fsp3) is 0.0556. The number of hydrogen-bond donors (Lipinski definition) is 0. The van der Waals surface area contributed by atoms with Gasteiger partial charge in [0.2, 0.25) is 6.04 Å². The van der Waals surface area contributed by atoms with Crippen molar-refractivity contribution in [1.82, 2.24) is 0 Å². The van der Waals surface area contributed by atoms with Gasteiger partial charge in [-0.25, -0.2) is 0 Å². The zero-order valence-corrected chi connectivity index (χ0v) is 11.7. The summed E-state index contributed by atoms with van der Waals surface area (Å²) in [4.78, 5) is 0. The third-order valence-corrected chi connectivity index (χ3v) is 3.67. The molecule has 2 aromatic carbocycles. The maximum Gasteiger partial charge on any atom is 0.275 e. The highest BCUT2D eigenvalue weighted by Gasteiger charge is 2.25. The molecule has 1 aromatic heterocycles. The van der Waals surface area contributed by atoms with Crippen LogP contribution in [0.15, 0.2) is 85.1 Å². The average Bonchev–Trinajstić information content (AvgIpc) is 2.52. The molecule has 0 aliphatic carbocycles. The Labute approximate surface area is 124 Å². The molecule has 0 saturated heterocycles. The molecule has 3 rings (SSSR count). The molecular weight excluding hydrogens is 266 g/mol. The van der Waals surface area contributed by atoms with Crippen molar-refractivity contribution in [3.63, 3.8) is 0 Å². The van der Waals surface area contributed by atoms with Crippen molar-refractivity contribution in [2.45, 2.75) is 6.04 Å². The first-order valence-electron chi connectivity index (χ1n) is 6.62. The van der Waals surface area contributed by atoms with Gasteiger partial charge in [0.05, 0.1) is 0 Å². The fourth-order valence-electron chi connectivity index (χ4n) is 2.43. The van der Waals surface area contributed by atoms with Gasteiger partial charge >= 0.3 is 0 Å². The van der Waals surface area contributed by atoms with Crippen LogP contribution in [-0.4, -0.2) is 0 Å². The molecule has 3 aromatic rings. The van der Waals surface area contributed by atoms with Crippen LogP contribution in [0.4, 0.5) is 0 Å². The van der Waals surface area contributed by atoms with E-state index in [1.165, 1.54) is 11.1 Å². The van der Waals surface area contributed by atoms with E-state index < -0.39 is 0 Å². The van der Waals surface area contributed by atoms with Crippen molar-refractivity contribution in [2.75, 3.05) is 0 Å². The lowest BCUT2D eigenvalue weighted by molar-refractivity contribution is -0.702. The van der Waals surface area contributed by atoms with Crippen LogP contribution in [0.2, 0.25) is 5.15 Å². The summed E-state index contributed by atoms with van der Waals surface area (Å²) in [6, 6.07) is 26.8. The van der Waals surface area contributed by atoms with Crippen LogP contribution >= 0.6 is 11.6 Å². The van der Waals surface area contributed by atoms with Gasteiger partial charge in [-0.1, -0.05) is 60.7 Å². The zero-order valence-electron chi connectivity index (χ0n) is 11.0. The van der Waals surface area contributed by atoms with Gasteiger partial charge in [-0.15, -0.1) is 0 Å². The van der Waals surface area contributed by atoms with E-state index >= 15 is 0 Å². The summed E-state index contributed by atoms with van der Waals surface area (Å²) < 4.78 is 2.09. The van der Waals surface area contributed by atoms with Gasteiger partial charge in [0.1, 0.15) is 0 Å². The van der Waals surface area contributed by atoms with E-state index in [2.05, 4.69) is 53.1 Å². The summed E-state index contributed by atoms with van der Waals surface area (Å²) in [6.07, 6.45) is 2.02. The highest BCUT2D eigenvalue weighted by atomic mass is 35.5. The third-order valence-electron chi connectivity index (χ3n) is 3.35. The van der Waals surface area contributed by atoms with Gasteiger partial charge in [-0.3, -0.25) is 0 Å². The molecule has 0 atom stereocenters. The Balaban J connectivity index is 2.17. The number of benzene rings is 2. The topological polar surface area (TPSA) is 3.88 Å². The number of pyridine rings is 1. The van der Waals surface area contributed by atoms with Crippen molar-refractivity contribution in [3.05, 3.63) is 101 Å². The largest absolute Gasteiger partial charge is 0.275 e. The van der Waals surface area contributed by atoms with Crippen LogP contribution in [0, 0.1) is 0 Å². The molecule has 2 heteroatoms. The predicted octanol–water partition coefficient (Wildman–Crippen LogP) is 4.27. The zero-order chi connectivity index (χ0) is 13.8. The first-order chi connectivity index (χ1) is 9.86. The summed E-state index contributed by atoms with van der Waals surface area (Å²) >= 11 is 6.38. The highest BCUT2D eigenvalue weighted by Crippen LogP contribution is 2.22. The molecule has 0 aliphatic heterocycles. The summed E-state index contributed by atoms with van der Waals surface area (Å²) in [5.41, 5.74) is 2.44. The minimum Gasteiger partial charge on any atom is -0.177 e. The second kappa shape index (κ2) is 5.89. The smallest absolute Gasteiger partial charge is 0.177 e. The van der Waals surface area contributed by atoms with E-state index in [4.69, 9.17) is 11.6 Å². The second-order valence-electron chi connectivity index (χ2n) is 4.65. The van der Waals surface area contributed by atoms with Crippen molar-refractivity contribution in [1.29, 1.82) is 0 Å². The van der Waals surface area contributed by atoms with E-state index in [1.807, 2.05) is 36.5 Å². The third kappa shape index (κ3) is 2.59. The van der Waals surface area contributed by atoms with Crippen LogP contribution in [-0.2, 0) is 0 Å². The van der Waals surface area contributed by atoms with E-state index in [1.54, 1.807) is 0 Å². The van der Waals surface area contributed by atoms with Gasteiger partial charge in [0.25, 0.3) is 5.15 Å². The Morgan fingerprint density at radius 2 is 1.15 bits per heavy atom. The normalized spacial score (nSPS) is 10.7. The molecule has 0 unspecified atom stereocenters. The number of aromatic nitrogens is 1. The molecule has 1 heterocycles. The molecule has 0 aliphatic rings. The standard InChI is InChI=1S/C18H15ClN/c19-17-13-7-8-14-20(17)18(15-9-3-1-4-10-15)16-11-5-2-6-12-16/h1-14,18H/q+1. The summed E-state index contributed by atoms with van der Waals surface area (Å²) in [7, 11) is 0. The van der Waals surface area contributed by atoms with Gasteiger partial charge in [0.15, 0.2) is 6.20 Å². The van der Waals surface area contributed by atoms with Gasteiger partial charge in [0, 0.05) is 23.3 Å². The second-order valence-corrected chi connectivity index (χ2v) is 5.04. The lowest BCUT2D eigenvalue weighted by atomic mass is 9.98. The number of hydrogen-bond acceptors (Lipinski definition) is 0. The highest BCUT2D eigenvalue weighted by molar-refractivity contribution is 6.28. The van der Waals surface area contributed by atoms with Crippen molar-refractivity contribution in [2.24, 2.45) is 0 Å². The van der Waals surface area contributed by atoms with Gasteiger partial charge in [-0.2, -0.15) is 4.57 Å². The van der Waals surface area contributed by atoms with Crippen LogP contribution in [0.3, 0.4) is 0 Å². The lowest BCUT2D eigenvalue weighted by Gasteiger charge is -2.14. The predicted molar refractivity (Wildman–Crippen MR) is 81.8 cm³/mol.